The third kappa shape index (κ3) is 3.45. The van der Waals surface area contributed by atoms with Gasteiger partial charge in [-0.3, -0.25) is 4.57 Å². The number of anilines is 1. The van der Waals surface area contributed by atoms with Crippen LogP contribution in [0.25, 0.3) is 16.5 Å². The molecule has 1 aromatic heterocycles. The summed E-state index contributed by atoms with van der Waals surface area (Å²) in [6.07, 6.45) is 1.78. The maximum atomic E-state index is 11.6. The SMILES string of the molecule is C[C@]12CC[C@](CCOc3cccc(NC(N)=O)c3)(O1)c1c2c(O)n(-c2ccc(C#N)c3ccccc23)c1O. The molecule has 1 fully saturated rings. The third-order valence-electron chi connectivity index (χ3n) is 7.67. The molecule has 9 nitrogen and oxygen atoms in total. The molecule has 4 aromatic rings. The lowest BCUT2D eigenvalue weighted by molar-refractivity contribution is -0.0876. The van der Waals surface area contributed by atoms with Crippen molar-refractivity contribution in [2.75, 3.05) is 11.9 Å². The van der Waals surface area contributed by atoms with Crippen molar-refractivity contribution in [3.05, 3.63) is 77.4 Å². The number of rotatable bonds is 6. The number of aromatic hydroxyl groups is 2. The van der Waals surface area contributed by atoms with Crippen LogP contribution in [-0.4, -0.2) is 27.4 Å². The Labute approximate surface area is 218 Å². The van der Waals surface area contributed by atoms with Crippen LogP contribution in [0.3, 0.4) is 0 Å². The number of nitrogens with one attached hydrogen (secondary N) is 1. The summed E-state index contributed by atoms with van der Waals surface area (Å²) in [6.45, 7) is 2.21. The zero-order chi connectivity index (χ0) is 26.7. The van der Waals surface area contributed by atoms with E-state index in [9.17, 15) is 20.3 Å². The van der Waals surface area contributed by atoms with Gasteiger partial charge >= 0.3 is 6.03 Å². The van der Waals surface area contributed by atoms with Crippen LogP contribution in [-0.2, 0) is 15.9 Å². The van der Waals surface area contributed by atoms with Crippen molar-refractivity contribution in [2.45, 2.75) is 37.4 Å². The summed E-state index contributed by atoms with van der Waals surface area (Å²) in [5.41, 5.74) is 6.40. The molecule has 38 heavy (non-hydrogen) atoms. The normalized spacial score (nSPS) is 21.3. The van der Waals surface area contributed by atoms with Gasteiger partial charge < -0.3 is 30.7 Å². The Kier molecular flexibility index (Phi) is 5.26. The second-order valence-electron chi connectivity index (χ2n) is 9.97. The van der Waals surface area contributed by atoms with Gasteiger partial charge in [0.25, 0.3) is 0 Å². The number of nitrogens with two attached hydrogens (primary N) is 1. The van der Waals surface area contributed by atoms with Gasteiger partial charge in [-0.15, -0.1) is 0 Å². The fourth-order valence-electron chi connectivity index (χ4n) is 6.05. The average Bonchev–Trinajstić information content (AvgIpc) is 3.47. The molecule has 2 amide bonds. The van der Waals surface area contributed by atoms with E-state index in [2.05, 4.69) is 11.4 Å². The number of urea groups is 1. The van der Waals surface area contributed by atoms with Crippen LogP contribution in [0.4, 0.5) is 10.5 Å². The Morgan fingerprint density at radius 1 is 1.11 bits per heavy atom. The van der Waals surface area contributed by atoms with Gasteiger partial charge in [0.1, 0.15) is 11.4 Å². The van der Waals surface area contributed by atoms with Gasteiger partial charge in [-0.25, -0.2) is 4.79 Å². The highest BCUT2D eigenvalue weighted by Gasteiger charge is 2.61. The molecule has 0 saturated carbocycles. The highest BCUT2D eigenvalue weighted by Crippen LogP contribution is 2.65. The molecule has 3 heterocycles. The van der Waals surface area contributed by atoms with E-state index in [4.69, 9.17) is 15.2 Å². The first kappa shape index (κ1) is 23.7. The van der Waals surface area contributed by atoms with Crippen LogP contribution >= 0.6 is 0 Å². The topological polar surface area (TPSA) is 143 Å². The van der Waals surface area contributed by atoms with Gasteiger partial charge in [-0.05, 0) is 44.0 Å². The summed E-state index contributed by atoms with van der Waals surface area (Å²) in [5, 5.41) is 36.6. The Morgan fingerprint density at radius 3 is 2.63 bits per heavy atom. The van der Waals surface area contributed by atoms with Crippen LogP contribution in [0.15, 0.2) is 60.7 Å². The standard InChI is InChI=1S/C29H26N4O5/c1-28-11-12-29(38-28,13-14-37-19-6-4-5-18(15-19)32-27(31)36)24-23(28)25(34)33(26(24)35)22-10-9-17(16-30)20-7-2-3-8-21(20)22/h2-10,15,34-35H,11-14H2,1H3,(H3,31,32,36)/t28-,29-/m1/s1. The van der Waals surface area contributed by atoms with Gasteiger partial charge in [0, 0.05) is 28.9 Å². The van der Waals surface area contributed by atoms with Crippen molar-refractivity contribution < 1.29 is 24.5 Å². The number of nitrogens with zero attached hydrogens (tertiary/aromatic N) is 2. The molecule has 0 radical (unpaired) electrons. The molecule has 6 rings (SSSR count). The van der Waals surface area contributed by atoms with E-state index in [1.54, 1.807) is 36.4 Å². The number of carbonyl (C=O) groups is 1. The smallest absolute Gasteiger partial charge is 0.316 e. The maximum absolute atomic E-state index is 11.6. The number of fused-ring (bicyclic) bond motifs is 6. The molecule has 2 aliphatic heterocycles. The zero-order valence-electron chi connectivity index (χ0n) is 20.7. The van der Waals surface area contributed by atoms with Gasteiger partial charge in [0.2, 0.25) is 11.8 Å². The van der Waals surface area contributed by atoms with Crippen LogP contribution in [0.5, 0.6) is 17.5 Å². The highest BCUT2D eigenvalue weighted by molar-refractivity contribution is 5.95. The molecule has 0 unspecified atom stereocenters. The van der Waals surface area contributed by atoms with Crippen molar-refractivity contribution in [1.82, 2.24) is 4.57 Å². The second kappa shape index (κ2) is 8.43. The summed E-state index contributed by atoms with van der Waals surface area (Å²) in [5.74, 6) is 0.409. The van der Waals surface area contributed by atoms with E-state index in [0.29, 0.717) is 53.1 Å². The van der Waals surface area contributed by atoms with Gasteiger partial charge in [0.15, 0.2) is 0 Å². The minimum Gasteiger partial charge on any atom is -0.494 e. The summed E-state index contributed by atoms with van der Waals surface area (Å²) in [7, 11) is 0. The Morgan fingerprint density at radius 2 is 1.87 bits per heavy atom. The molecular weight excluding hydrogens is 484 g/mol. The monoisotopic (exact) mass is 510 g/mol. The average molecular weight is 511 g/mol. The first-order valence-corrected chi connectivity index (χ1v) is 12.4. The Bertz CT molecular complexity index is 1650. The van der Waals surface area contributed by atoms with Gasteiger partial charge in [-0.2, -0.15) is 5.26 Å². The molecule has 3 aromatic carbocycles. The number of benzene rings is 3. The Hall–Kier alpha value is -4.68. The van der Waals surface area contributed by atoms with Crippen molar-refractivity contribution in [1.29, 1.82) is 5.26 Å². The molecule has 5 N–H and O–H groups in total. The number of carbonyl (C=O) groups excluding carboxylic acids is 1. The summed E-state index contributed by atoms with van der Waals surface area (Å²) < 4.78 is 13.9. The zero-order valence-corrected chi connectivity index (χ0v) is 20.7. The predicted molar refractivity (Wildman–Crippen MR) is 140 cm³/mol. The number of hydrogen-bond acceptors (Lipinski definition) is 6. The quantitative estimate of drug-likeness (QED) is 0.284. The van der Waals surface area contributed by atoms with Crippen LogP contribution in [0, 0.1) is 11.3 Å². The van der Waals surface area contributed by atoms with Crippen molar-refractivity contribution in [3.8, 4) is 29.3 Å². The summed E-state index contributed by atoms with van der Waals surface area (Å²) in [4.78, 5) is 11.2. The number of ether oxygens (including phenoxy) is 2. The fraction of sp³-hybridized carbons (Fsp3) is 0.241. The number of amides is 2. The van der Waals surface area contributed by atoms with Crippen LogP contribution < -0.4 is 15.8 Å². The molecule has 2 bridgehead atoms. The number of hydrogen-bond donors (Lipinski definition) is 4. The minimum absolute atomic E-state index is 0.0671. The van der Waals surface area contributed by atoms with Gasteiger partial charge in [0.05, 0.1) is 40.7 Å². The lowest BCUT2D eigenvalue weighted by atomic mass is 9.78. The molecule has 0 spiro atoms. The van der Waals surface area contributed by atoms with E-state index in [-0.39, 0.29) is 18.4 Å². The van der Waals surface area contributed by atoms with Crippen LogP contribution in [0.1, 0.15) is 42.9 Å². The highest BCUT2D eigenvalue weighted by atomic mass is 16.5. The minimum atomic E-state index is -0.831. The fourth-order valence-corrected chi connectivity index (χ4v) is 6.05. The predicted octanol–water partition coefficient (Wildman–Crippen LogP) is 5.11. The first-order chi connectivity index (χ1) is 18.3. The lowest BCUT2D eigenvalue weighted by Crippen LogP contribution is -2.25. The lowest BCUT2D eigenvalue weighted by Gasteiger charge is -2.26. The molecule has 0 aliphatic carbocycles. The second-order valence-corrected chi connectivity index (χ2v) is 9.97. The molecule has 9 heteroatoms. The molecule has 2 aliphatic rings. The van der Waals surface area contributed by atoms with E-state index >= 15 is 0 Å². The third-order valence-corrected chi connectivity index (χ3v) is 7.67. The maximum Gasteiger partial charge on any atom is 0.316 e. The van der Waals surface area contributed by atoms with Crippen molar-refractivity contribution in [2.24, 2.45) is 5.73 Å². The molecule has 1 saturated heterocycles. The number of nitriles is 1. The van der Waals surface area contributed by atoms with Gasteiger partial charge in [-0.1, -0.05) is 30.3 Å². The number of primary amides is 1. The number of aromatic nitrogens is 1. The van der Waals surface area contributed by atoms with E-state index < -0.39 is 17.2 Å². The molecule has 2 atom stereocenters. The molecular formula is C29H26N4O5. The first-order valence-electron chi connectivity index (χ1n) is 12.4. The largest absolute Gasteiger partial charge is 0.494 e. The van der Waals surface area contributed by atoms with E-state index in [1.807, 2.05) is 31.2 Å². The summed E-state index contributed by atoms with van der Waals surface area (Å²) >= 11 is 0. The Balaban J connectivity index is 1.36. The van der Waals surface area contributed by atoms with Crippen LogP contribution in [0.2, 0.25) is 0 Å². The summed E-state index contributed by atoms with van der Waals surface area (Å²) in [6, 6.07) is 19.3. The van der Waals surface area contributed by atoms with E-state index in [0.717, 1.165) is 10.8 Å². The molecule has 192 valence electrons. The van der Waals surface area contributed by atoms with Crippen molar-refractivity contribution >= 4 is 22.5 Å². The van der Waals surface area contributed by atoms with E-state index in [1.165, 1.54) is 4.57 Å². The van der Waals surface area contributed by atoms with Crippen molar-refractivity contribution in [3.63, 3.8) is 0 Å².